The molecular formula is C11H13F3N2O4S. The van der Waals surface area contributed by atoms with Gasteiger partial charge in [0.15, 0.2) is 9.84 Å². The molecule has 1 heterocycles. The van der Waals surface area contributed by atoms with E-state index in [0.717, 1.165) is 0 Å². The van der Waals surface area contributed by atoms with Gasteiger partial charge in [-0.1, -0.05) is 0 Å². The average Bonchev–Trinajstić information content (AvgIpc) is 2.29. The number of nitrogens with one attached hydrogen (secondary N) is 2. The molecule has 0 aliphatic carbocycles. The van der Waals surface area contributed by atoms with Crippen LogP contribution in [0.15, 0.2) is 17.1 Å². The SMILES string of the molecule is CC(C)S(=O)(=O)CC(=O)Nc1cc(C(F)(F)F)c[nH]c1=O. The first-order valence-corrected chi connectivity index (χ1v) is 7.46. The van der Waals surface area contributed by atoms with E-state index >= 15 is 0 Å². The van der Waals surface area contributed by atoms with Gasteiger partial charge in [0.1, 0.15) is 11.4 Å². The van der Waals surface area contributed by atoms with Crippen LogP contribution in [0.5, 0.6) is 0 Å². The van der Waals surface area contributed by atoms with E-state index in [1.165, 1.54) is 13.8 Å². The summed E-state index contributed by atoms with van der Waals surface area (Å²) in [6.45, 7) is 2.72. The predicted molar refractivity (Wildman–Crippen MR) is 69.6 cm³/mol. The van der Waals surface area contributed by atoms with Crippen LogP contribution >= 0.6 is 0 Å². The summed E-state index contributed by atoms with van der Waals surface area (Å²) in [6.07, 6.45) is -4.24. The Morgan fingerprint density at radius 3 is 2.43 bits per heavy atom. The maximum atomic E-state index is 12.5. The van der Waals surface area contributed by atoms with Crippen molar-refractivity contribution in [2.75, 3.05) is 11.1 Å². The third-order valence-electron chi connectivity index (χ3n) is 2.56. The third-order valence-corrected chi connectivity index (χ3v) is 4.66. The highest BCUT2D eigenvalue weighted by Gasteiger charge is 2.31. The Hall–Kier alpha value is -1.84. The lowest BCUT2D eigenvalue weighted by atomic mass is 10.2. The van der Waals surface area contributed by atoms with Crippen LogP contribution in [0.1, 0.15) is 19.4 Å². The van der Waals surface area contributed by atoms with Crippen molar-refractivity contribution >= 4 is 21.4 Å². The Morgan fingerprint density at radius 1 is 1.38 bits per heavy atom. The van der Waals surface area contributed by atoms with Crippen molar-refractivity contribution in [3.63, 3.8) is 0 Å². The number of pyridine rings is 1. The van der Waals surface area contributed by atoms with E-state index in [0.29, 0.717) is 12.3 Å². The molecule has 0 unspecified atom stereocenters. The van der Waals surface area contributed by atoms with Crippen molar-refractivity contribution in [3.8, 4) is 0 Å². The molecule has 0 fully saturated rings. The van der Waals surface area contributed by atoms with Gasteiger partial charge in [0.05, 0.1) is 10.8 Å². The Labute approximate surface area is 118 Å². The van der Waals surface area contributed by atoms with Crippen molar-refractivity contribution in [2.45, 2.75) is 25.3 Å². The lowest BCUT2D eigenvalue weighted by Crippen LogP contribution is -2.30. The molecule has 1 aromatic rings. The van der Waals surface area contributed by atoms with Crippen molar-refractivity contribution < 1.29 is 26.4 Å². The monoisotopic (exact) mass is 326 g/mol. The van der Waals surface area contributed by atoms with Gasteiger partial charge in [0.2, 0.25) is 5.91 Å². The van der Waals surface area contributed by atoms with Crippen LogP contribution in [-0.4, -0.2) is 30.3 Å². The first-order chi connectivity index (χ1) is 9.43. The van der Waals surface area contributed by atoms with Crippen LogP contribution in [-0.2, 0) is 20.8 Å². The minimum absolute atomic E-state index is 0.443. The van der Waals surface area contributed by atoms with Crippen LogP contribution in [0.2, 0.25) is 0 Å². The number of amides is 1. The third kappa shape index (κ3) is 4.59. The van der Waals surface area contributed by atoms with E-state index in [1.54, 1.807) is 0 Å². The van der Waals surface area contributed by atoms with Gasteiger partial charge in [-0.05, 0) is 19.9 Å². The molecule has 1 amide bonds. The zero-order valence-electron chi connectivity index (χ0n) is 11.1. The summed E-state index contributed by atoms with van der Waals surface area (Å²) in [4.78, 5) is 24.7. The van der Waals surface area contributed by atoms with Gasteiger partial charge in [0, 0.05) is 6.20 Å². The molecule has 0 atom stereocenters. The minimum Gasteiger partial charge on any atom is -0.327 e. The van der Waals surface area contributed by atoms with Crippen molar-refractivity contribution in [1.29, 1.82) is 0 Å². The molecular weight excluding hydrogens is 313 g/mol. The molecule has 1 aromatic heterocycles. The molecule has 118 valence electrons. The van der Waals surface area contributed by atoms with E-state index in [1.807, 2.05) is 10.3 Å². The molecule has 0 saturated heterocycles. The van der Waals surface area contributed by atoms with Crippen LogP contribution in [0.25, 0.3) is 0 Å². The maximum Gasteiger partial charge on any atom is 0.417 e. The summed E-state index contributed by atoms with van der Waals surface area (Å²) in [6, 6.07) is 0.443. The molecule has 10 heteroatoms. The molecule has 6 nitrogen and oxygen atoms in total. The zero-order valence-corrected chi connectivity index (χ0v) is 11.9. The van der Waals surface area contributed by atoms with Gasteiger partial charge in [-0.3, -0.25) is 9.59 Å². The first-order valence-electron chi connectivity index (χ1n) is 5.75. The molecule has 0 aromatic carbocycles. The number of aromatic nitrogens is 1. The van der Waals surface area contributed by atoms with Crippen LogP contribution < -0.4 is 10.9 Å². The largest absolute Gasteiger partial charge is 0.417 e. The molecule has 21 heavy (non-hydrogen) atoms. The number of alkyl halides is 3. The average molecular weight is 326 g/mol. The lowest BCUT2D eigenvalue weighted by Gasteiger charge is -2.10. The fourth-order valence-electron chi connectivity index (χ4n) is 1.28. The van der Waals surface area contributed by atoms with Gasteiger partial charge in [0.25, 0.3) is 5.56 Å². The molecule has 0 spiro atoms. The number of aromatic amines is 1. The first kappa shape index (κ1) is 17.2. The molecule has 1 rings (SSSR count). The second-order valence-electron chi connectivity index (χ2n) is 4.53. The molecule has 2 N–H and O–H groups in total. The van der Waals surface area contributed by atoms with Gasteiger partial charge >= 0.3 is 6.18 Å². The number of sulfone groups is 1. The van der Waals surface area contributed by atoms with E-state index < -0.39 is 49.7 Å². The summed E-state index contributed by atoms with van der Waals surface area (Å²) >= 11 is 0. The maximum absolute atomic E-state index is 12.5. The lowest BCUT2D eigenvalue weighted by molar-refractivity contribution is -0.137. The smallest absolute Gasteiger partial charge is 0.327 e. The van der Waals surface area contributed by atoms with Crippen LogP contribution in [0, 0.1) is 0 Å². The Morgan fingerprint density at radius 2 is 1.95 bits per heavy atom. The van der Waals surface area contributed by atoms with E-state index in [-0.39, 0.29) is 0 Å². The number of anilines is 1. The van der Waals surface area contributed by atoms with Crippen molar-refractivity contribution in [2.24, 2.45) is 0 Å². The number of hydrogen-bond donors (Lipinski definition) is 2. The number of carbonyl (C=O) groups is 1. The van der Waals surface area contributed by atoms with Gasteiger partial charge < -0.3 is 10.3 Å². The highest BCUT2D eigenvalue weighted by atomic mass is 32.2. The van der Waals surface area contributed by atoms with E-state index in [9.17, 15) is 31.2 Å². The summed E-state index contributed by atoms with van der Waals surface area (Å²) < 4.78 is 60.5. The fraction of sp³-hybridized carbons (Fsp3) is 0.455. The van der Waals surface area contributed by atoms with E-state index in [4.69, 9.17) is 0 Å². The fourth-order valence-corrected chi connectivity index (χ4v) is 2.05. The van der Waals surface area contributed by atoms with Gasteiger partial charge in [-0.2, -0.15) is 13.2 Å². The minimum atomic E-state index is -4.70. The topological polar surface area (TPSA) is 96.1 Å². The van der Waals surface area contributed by atoms with Gasteiger partial charge in [-0.15, -0.1) is 0 Å². The number of H-pyrrole nitrogens is 1. The number of carbonyl (C=O) groups excluding carboxylic acids is 1. The zero-order chi connectivity index (χ0) is 16.4. The molecule has 0 aliphatic rings. The summed E-state index contributed by atoms with van der Waals surface area (Å²) in [7, 11) is -3.72. The Kier molecular flexibility index (Phi) is 4.82. The number of halogens is 3. The molecule has 0 bridgehead atoms. The molecule has 0 radical (unpaired) electrons. The molecule has 0 saturated carbocycles. The highest BCUT2D eigenvalue weighted by molar-refractivity contribution is 7.92. The van der Waals surface area contributed by atoms with Crippen LogP contribution in [0.3, 0.4) is 0 Å². The highest BCUT2D eigenvalue weighted by Crippen LogP contribution is 2.29. The van der Waals surface area contributed by atoms with Crippen molar-refractivity contribution in [1.82, 2.24) is 4.98 Å². The van der Waals surface area contributed by atoms with Gasteiger partial charge in [-0.25, -0.2) is 8.42 Å². The summed E-state index contributed by atoms with van der Waals surface area (Å²) in [5.74, 6) is -1.99. The molecule has 0 aliphatic heterocycles. The summed E-state index contributed by atoms with van der Waals surface area (Å²) in [5, 5.41) is 1.06. The van der Waals surface area contributed by atoms with Crippen molar-refractivity contribution in [3.05, 3.63) is 28.2 Å². The Balaban J connectivity index is 2.99. The summed E-state index contributed by atoms with van der Waals surface area (Å²) in [5.41, 5.74) is -2.78. The number of rotatable bonds is 4. The number of hydrogen-bond acceptors (Lipinski definition) is 4. The normalized spacial score (nSPS) is 12.5. The quantitative estimate of drug-likeness (QED) is 0.867. The van der Waals surface area contributed by atoms with E-state index in [2.05, 4.69) is 0 Å². The second kappa shape index (κ2) is 5.88. The Bertz CT molecular complexity index is 692. The van der Waals surface area contributed by atoms with Crippen LogP contribution in [0.4, 0.5) is 18.9 Å². The standard InChI is InChI=1S/C11H13F3N2O4S/c1-6(2)21(19,20)5-9(17)16-8-3-7(11(12,13)14)4-15-10(8)18/h3-4,6H,5H2,1-2H3,(H,15,18)(H,16,17). The second-order valence-corrected chi connectivity index (χ2v) is 7.09. The predicted octanol–water partition coefficient (Wildman–Crippen LogP) is 1.16.